The Morgan fingerprint density at radius 3 is 2.53 bits per heavy atom. The summed E-state index contributed by atoms with van der Waals surface area (Å²) >= 11 is 0. The van der Waals surface area contributed by atoms with Crippen molar-refractivity contribution in [3.05, 3.63) is 17.5 Å². The van der Waals surface area contributed by atoms with Crippen molar-refractivity contribution in [1.29, 1.82) is 0 Å². The molecule has 0 radical (unpaired) electrons. The van der Waals surface area contributed by atoms with Crippen LogP contribution in [0.3, 0.4) is 0 Å². The average Bonchev–Trinajstić information content (AvgIpc) is 2.55. The van der Waals surface area contributed by atoms with Gasteiger partial charge in [-0.2, -0.15) is 5.10 Å². The topological polar surface area (TPSA) is 67.2 Å². The van der Waals surface area contributed by atoms with Crippen LogP contribution in [0, 0.1) is 19.3 Å². The fourth-order valence-corrected chi connectivity index (χ4v) is 2.06. The zero-order valence-electron chi connectivity index (χ0n) is 12.5. The van der Waals surface area contributed by atoms with Gasteiger partial charge in [0.2, 0.25) is 5.91 Å². The minimum Gasteiger partial charge on any atom is -0.396 e. The second-order valence-electron chi connectivity index (χ2n) is 6.08. The summed E-state index contributed by atoms with van der Waals surface area (Å²) < 4.78 is 1.70. The van der Waals surface area contributed by atoms with Crippen LogP contribution in [0.25, 0.3) is 0 Å². The molecule has 108 valence electrons. The van der Waals surface area contributed by atoms with Gasteiger partial charge in [-0.3, -0.25) is 9.48 Å². The lowest BCUT2D eigenvalue weighted by molar-refractivity contribution is -0.123. The van der Waals surface area contributed by atoms with Gasteiger partial charge in [-0.05, 0) is 31.7 Å². The highest BCUT2D eigenvalue weighted by molar-refractivity contribution is 5.76. The Kier molecular flexibility index (Phi) is 5.11. The predicted octanol–water partition coefficient (Wildman–Crippen LogP) is 1.41. The number of nitrogens with zero attached hydrogens (tertiary/aromatic N) is 2. The number of nitrogens with one attached hydrogen (secondary N) is 1. The van der Waals surface area contributed by atoms with Crippen molar-refractivity contribution in [3.63, 3.8) is 0 Å². The second-order valence-corrected chi connectivity index (χ2v) is 6.08. The molecule has 1 heterocycles. The van der Waals surface area contributed by atoms with Crippen LogP contribution >= 0.6 is 0 Å². The van der Waals surface area contributed by atoms with Crippen LogP contribution in [0.4, 0.5) is 0 Å². The third-order valence-corrected chi connectivity index (χ3v) is 3.20. The van der Waals surface area contributed by atoms with E-state index in [1.165, 1.54) is 0 Å². The highest BCUT2D eigenvalue weighted by Gasteiger charge is 2.25. The lowest BCUT2D eigenvalue weighted by Crippen LogP contribution is -2.45. The molecule has 2 N–H and O–H groups in total. The maximum atomic E-state index is 12.1. The number of hydrogen-bond acceptors (Lipinski definition) is 3. The van der Waals surface area contributed by atoms with Crippen LogP contribution in [0.15, 0.2) is 6.07 Å². The van der Waals surface area contributed by atoms with Crippen molar-refractivity contribution >= 4 is 5.91 Å². The zero-order chi connectivity index (χ0) is 14.6. The quantitative estimate of drug-likeness (QED) is 0.847. The molecule has 0 fully saturated rings. The van der Waals surface area contributed by atoms with Crippen molar-refractivity contribution in [2.45, 2.75) is 53.6 Å². The fraction of sp³-hybridized carbons (Fsp3) is 0.714. The van der Waals surface area contributed by atoms with Gasteiger partial charge in [0.15, 0.2) is 0 Å². The van der Waals surface area contributed by atoms with Gasteiger partial charge in [0, 0.05) is 18.3 Å². The molecule has 1 rings (SSSR count). The highest BCUT2D eigenvalue weighted by Crippen LogP contribution is 2.21. The molecule has 0 aromatic carbocycles. The number of aliphatic hydroxyl groups is 1. The number of aromatic nitrogens is 2. The average molecular weight is 267 g/mol. The highest BCUT2D eigenvalue weighted by atomic mass is 16.3. The van der Waals surface area contributed by atoms with Crippen molar-refractivity contribution < 1.29 is 9.90 Å². The smallest absolute Gasteiger partial charge is 0.241 e. The Bertz CT molecular complexity index is 432. The van der Waals surface area contributed by atoms with Crippen LogP contribution < -0.4 is 5.32 Å². The number of aliphatic hydroxyl groups excluding tert-OH is 1. The molecule has 1 unspecified atom stereocenters. The Balaban J connectivity index is 2.65. The van der Waals surface area contributed by atoms with E-state index in [4.69, 9.17) is 5.11 Å². The standard InChI is InChI=1S/C14H25N3O2/c1-10-8-11(2)17(16-10)9-13(19)15-12(6-7-18)14(3,4)5/h8,12,18H,6-7,9H2,1-5H3,(H,15,19). The SMILES string of the molecule is Cc1cc(C)n(CC(=O)NC(CCO)C(C)(C)C)n1. The van der Waals surface area contributed by atoms with Crippen LogP contribution in [0.1, 0.15) is 38.6 Å². The van der Waals surface area contributed by atoms with Gasteiger partial charge in [0.05, 0.1) is 5.69 Å². The molecule has 1 aromatic heterocycles. The summed E-state index contributed by atoms with van der Waals surface area (Å²) in [6, 6.07) is 1.91. The summed E-state index contributed by atoms with van der Waals surface area (Å²) in [5.74, 6) is -0.0698. The van der Waals surface area contributed by atoms with E-state index in [0.717, 1.165) is 11.4 Å². The van der Waals surface area contributed by atoms with Crippen molar-refractivity contribution in [3.8, 4) is 0 Å². The molecular weight excluding hydrogens is 242 g/mol. The first-order valence-corrected chi connectivity index (χ1v) is 6.65. The Morgan fingerprint density at radius 1 is 1.47 bits per heavy atom. The molecule has 19 heavy (non-hydrogen) atoms. The number of carbonyl (C=O) groups is 1. The van der Waals surface area contributed by atoms with E-state index in [2.05, 4.69) is 31.2 Å². The number of amides is 1. The summed E-state index contributed by atoms with van der Waals surface area (Å²) in [6.45, 7) is 10.3. The summed E-state index contributed by atoms with van der Waals surface area (Å²) in [4.78, 5) is 12.1. The molecule has 0 saturated carbocycles. The van der Waals surface area contributed by atoms with Gasteiger partial charge in [-0.25, -0.2) is 0 Å². The van der Waals surface area contributed by atoms with E-state index in [9.17, 15) is 4.79 Å². The Hall–Kier alpha value is -1.36. The van der Waals surface area contributed by atoms with E-state index < -0.39 is 0 Å². The van der Waals surface area contributed by atoms with E-state index >= 15 is 0 Å². The third kappa shape index (κ3) is 4.67. The molecule has 0 aliphatic heterocycles. The normalized spacial score (nSPS) is 13.4. The van der Waals surface area contributed by atoms with Gasteiger partial charge >= 0.3 is 0 Å². The molecule has 0 spiro atoms. The summed E-state index contributed by atoms with van der Waals surface area (Å²) in [5, 5.41) is 16.3. The molecular formula is C14H25N3O2. The van der Waals surface area contributed by atoms with E-state index in [0.29, 0.717) is 6.42 Å². The second kappa shape index (κ2) is 6.19. The van der Waals surface area contributed by atoms with Crippen LogP contribution in [0.5, 0.6) is 0 Å². The summed E-state index contributed by atoms with van der Waals surface area (Å²) in [6.07, 6.45) is 0.562. The Morgan fingerprint density at radius 2 is 2.11 bits per heavy atom. The van der Waals surface area contributed by atoms with Gasteiger partial charge in [0.25, 0.3) is 0 Å². The number of rotatable bonds is 5. The van der Waals surface area contributed by atoms with E-state index in [1.807, 2.05) is 19.9 Å². The largest absolute Gasteiger partial charge is 0.396 e. The molecule has 5 nitrogen and oxygen atoms in total. The molecule has 1 aromatic rings. The summed E-state index contributed by atoms with van der Waals surface area (Å²) in [5.41, 5.74) is 1.81. The maximum Gasteiger partial charge on any atom is 0.241 e. The van der Waals surface area contributed by atoms with Crippen LogP contribution in [-0.2, 0) is 11.3 Å². The lowest BCUT2D eigenvalue weighted by Gasteiger charge is -2.31. The van der Waals surface area contributed by atoms with Crippen molar-refractivity contribution in [2.24, 2.45) is 5.41 Å². The molecule has 0 bridgehead atoms. The third-order valence-electron chi connectivity index (χ3n) is 3.20. The molecule has 0 aliphatic rings. The number of aryl methyl sites for hydroxylation is 2. The molecule has 0 saturated heterocycles. The maximum absolute atomic E-state index is 12.1. The zero-order valence-corrected chi connectivity index (χ0v) is 12.5. The van der Waals surface area contributed by atoms with Gasteiger partial charge < -0.3 is 10.4 Å². The molecule has 1 atom stereocenters. The number of hydrogen-bond donors (Lipinski definition) is 2. The number of carbonyl (C=O) groups excluding carboxylic acids is 1. The van der Waals surface area contributed by atoms with Gasteiger partial charge in [-0.15, -0.1) is 0 Å². The first kappa shape index (κ1) is 15.7. The predicted molar refractivity (Wildman–Crippen MR) is 74.8 cm³/mol. The summed E-state index contributed by atoms with van der Waals surface area (Å²) in [7, 11) is 0. The monoisotopic (exact) mass is 267 g/mol. The van der Waals surface area contributed by atoms with E-state index in [-0.39, 0.29) is 30.5 Å². The minimum absolute atomic E-state index is 0.0398. The Labute approximate surface area is 115 Å². The van der Waals surface area contributed by atoms with Crippen LogP contribution in [-0.4, -0.2) is 33.4 Å². The molecule has 0 aliphatic carbocycles. The van der Waals surface area contributed by atoms with Crippen LogP contribution in [0.2, 0.25) is 0 Å². The fourth-order valence-electron chi connectivity index (χ4n) is 2.06. The van der Waals surface area contributed by atoms with Crippen molar-refractivity contribution in [2.75, 3.05) is 6.61 Å². The minimum atomic E-state index is -0.0759. The first-order chi connectivity index (χ1) is 8.74. The first-order valence-electron chi connectivity index (χ1n) is 6.65. The molecule has 1 amide bonds. The van der Waals surface area contributed by atoms with Gasteiger partial charge in [0.1, 0.15) is 6.54 Å². The lowest BCUT2D eigenvalue weighted by atomic mass is 9.85. The molecule has 5 heteroatoms. The van der Waals surface area contributed by atoms with Crippen molar-refractivity contribution in [1.82, 2.24) is 15.1 Å². The van der Waals surface area contributed by atoms with E-state index in [1.54, 1.807) is 4.68 Å². The van der Waals surface area contributed by atoms with Gasteiger partial charge in [-0.1, -0.05) is 20.8 Å².